The Morgan fingerprint density at radius 1 is 1.10 bits per heavy atom. The highest BCUT2D eigenvalue weighted by Gasteiger charge is 2.19. The minimum Gasteiger partial charge on any atom is -0.468 e. The zero-order valence-electron chi connectivity index (χ0n) is 15.9. The number of carbonyl (C=O) groups excluding carboxylic acids is 3. The molecule has 29 heavy (non-hydrogen) atoms. The highest BCUT2D eigenvalue weighted by atomic mass is 16.5. The predicted molar refractivity (Wildman–Crippen MR) is 109 cm³/mol. The van der Waals surface area contributed by atoms with E-state index < -0.39 is 23.8 Å². The van der Waals surface area contributed by atoms with E-state index in [1.165, 1.54) is 7.11 Å². The topological polar surface area (TPSA) is 126 Å². The van der Waals surface area contributed by atoms with Crippen LogP contribution in [-0.2, 0) is 20.7 Å². The van der Waals surface area contributed by atoms with Crippen molar-refractivity contribution in [1.82, 2.24) is 10.3 Å². The predicted octanol–water partition coefficient (Wildman–Crippen LogP) is 1.58. The molecule has 0 saturated carbocycles. The molecule has 0 fully saturated rings. The molecule has 0 radical (unpaired) electrons. The van der Waals surface area contributed by atoms with Gasteiger partial charge in [-0.15, -0.1) is 0 Å². The number of hydrogen-bond donors (Lipinski definition) is 4. The van der Waals surface area contributed by atoms with Crippen LogP contribution >= 0.6 is 0 Å². The van der Waals surface area contributed by atoms with Crippen molar-refractivity contribution in [2.45, 2.75) is 12.5 Å². The first kappa shape index (κ1) is 20.1. The molecular weight excluding hydrogens is 372 g/mol. The van der Waals surface area contributed by atoms with Gasteiger partial charge in [0.25, 0.3) is 5.91 Å². The Hall–Kier alpha value is -3.65. The van der Waals surface area contributed by atoms with E-state index >= 15 is 0 Å². The van der Waals surface area contributed by atoms with Crippen molar-refractivity contribution in [3.63, 3.8) is 0 Å². The molecule has 3 aromatic rings. The van der Waals surface area contributed by atoms with Crippen LogP contribution in [0.5, 0.6) is 0 Å². The molecule has 3 rings (SSSR count). The van der Waals surface area contributed by atoms with Crippen molar-refractivity contribution >= 4 is 34.4 Å². The van der Waals surface area contributed by atoms with Crippen molar-refractivity contribution in [2.75, 3.05) is 19.0 Å². The summed E-state index contributed by atoms with van der Waals surface area (Å²) in [5.41, 5.74) is 8.55. The fourth-order valence-corrected chi connectivity index (χ4v) is 2.97. The zero-order valence-corrected chi connectivity index (χ0v) is 15.9. The molecule has 0 saturated heterocycles. The summed E-state index contributed by atoms with van der Waals surface area (Å²) in [5.74, 6) is -1.49. The van der Waals surface area contributed by atoms with Crippen molar-refractivity contribution in [2.24, 2.45) is 5.73 Å². The van der Waals surface area contributed by atoms with E-state index in [0.717, 1.165) is 16.5 Å². The monoisotopic (exact) mass is 394 g/mol. The number of aromatic amines is 1. The molecular formula is C21H22N4O4. The van der Waals surface area contributed by atoms with Crippen LogP contribution in [0.1, 0.15) is 15.9 Å². The van der Waals surface area contributed by atoms with Gasteiger partial charge in [0.2, 0.25) is 5.91 Å². The van der Waals surface area contributed by atoms with E-state index in [0.29, 0.717) is 12.1 Å². The lowest BCUT2D eigenvalue weighted by atomic mass is 10.0. The lowest BCUT2D eigenvalue weighted by molar-refractivity contribution is -0.139. The first-order valence-electron chi connectivity index (χ1n) is 9.05. The third kappa shape index (κ3) is 4.80. The van der Waals surface area contributed by atoms with E-state index in [4.69, 9.17) is 5.73 Å². The minimum absolute atomic E-state index is 0.226. The molecule has 0 aliphatic carbocycles. The molecule has 150 valence electrons. The van der Waals surface area contributed by atoms with Gasteiger partial charge in [0.1, 0.15) is 6.54 Å². The molecule has 5 N–H and O–H groups in total. The maximum Gasteiger partial charge on any atom is 0.325 e. The van der Waals surface area contributed by atoms with Gasteiger partial charge in [-0.1, -0.05) is 30.3 Å². The van der Waals surface area contributed by atoms with E-state index in [-0.39, 0.29) is 12.1 Å². The molecule has 0 bridgehead atoms. The molecule has 8 nitrogen and oxygen atoms in total. The van der Waals surface area contributed by atoms with Crippen molar-refractivity contribution in [3.05, 3.63) is 65.9 Å². The molecule has 2 aromatic carbocycles. The van der Waals surface area contributed by atoms with E-state index in [9.17, 15) is 14.4 Å². The lowest BCUT2D eigenvalue weighted by Crippen LogP contribution is -2.38. The van der Waals surface area contributed by atoms with Crippen LogP contribution in [0.4, 0.5) is 5.69 Å². The van der Waals surface area contributed by atoms with Gasteiger partial charge in [-0.2, -0.15) is 0 Å². The Kier molecular flexibility index (Phi) is 6.25. The Labute approximate surface area is 167 Å². The summed E-state index contributed by atoms with van der Waals surface area (Å²) in [7, 11) is 1.23. The van der Waals surface area contributed by atoms with E-state index in [2.05, 4.69) is 20.4 Å². The quantitative estimate of drug-likeness (QED) is 0.453. The number of nitrogens with two attached hydrogens (primary N) is 1. The highest BCUT2D eigenvalue weighted by Crippen LogP contribution is 2.20. The maximum absolute atomic E-state index is 12.6. The summed E-state index contributed by atoms with van der Waals surface area (Å²) in [6.45, 7) is -0.266. The number of nitrogens with one attached hydrogen (secondary N) is 3. The minimum atomic E-state index is -0.805. The number of benzene rings is 2. The van der Waals surface area contributed by atoms with Crippen molar-refractivity contribution < 1.29 is 19.1 Å². The number of methoxy groups -OCH3 is 1. The van der Waals surface area contributed by atoms with Crippen molar-refractivity contribution in [1.29, 1.82) is 0 Å². The number of hydrogen-bond acceptors (Lipinski definition) is 5. The molecule has 0 aliphatic rings. The average Bonchev–Trinajstić information content (AvgIpc) is 3.15. The number of aromatic nitrogens is 1. The summed E-state index contributed by atoms with van der Waals surface area (Å²) in [5, 5.41) is 6.16. The number of para-hydroxylation sites is 2. The van der Waals surface area contributed by atoms with Gasteiger partial charge in [0, 0.05) is 17.1 Å². The van der Waals surface area contributed by atoms with Gasteiger partial charge >= 0.3 is 5.97 Å². The summed E-state index contributed by atoms with van der Waals surface area (Å²) < 4.78 is 4.50. The van der Waals surface area contributed by atoms with Gasteiger partial charge in [0.15, 0.2) is 0 Å². The first-order chi connectivity index (χ1) is 14.0. The fourth-order valence-electron chi connectivity index (χ4n) is 2.97. The largest absolute Gasteiger partial charge is 0.468 e. The number of rotatable bonds is 7. The number of ether oxygens (including phenoxy) is 1. The number of fused-ring (bicyclic) bond motifs is 1. The first-order valence-corrected chi connectivity index (χ1v) is 9.05. The van der Waals surface area contributed by atoms with Crippen LogP contribution < -0.4 is 16.4 Å². The summed E-state index contributed by atoms with van der Waals surface area (Å²) in [6.07, 6.45) is 2.18. The SMILES string of the molecule is COC(=O)CNC(=O)c1ccccc1NC(=O)[C@@H](N)Cc1c[nH]c2ccccc12. The molecule has 2 amide bonds. The standard InChI is InChI=1S/C21H22N4O4/c1-29-19(26)12-24-20(27)15-7-3-5-9-18(15)25-21(28)16(22)10-13-11-23-17-8-4-2-6-14(13)17/h2-9,11,16,23H,10,12,22H2,1H3,(H,24,27)(H,25,28)/t16-/m0/s1. The van der Waals surface area contributed by atoms with E-state index in [1.54, 1.807) is 24.3 Å². The van der Waals surface area contributed by atoms with Gasteiger partial charge in [-0.3, -0.25) is 14.4 Å². The van der Waals surface area contributed by atoms with Crippen LogP contribution in [-0.4, -0.2) is 42.5 Å². The van der Waals surface area contributed by atoms with Crippen LogP contribution in [0.15, 0.2) is 54.7 Å². The number of amides is 2. The highest BCUT2D eigenvalue weighted by molar-refractivity contribution is 6.05. The van der Waals surface area contributed by atoms with Gasteiger partial charge in [-0.05, 0) is 30.2 Å². The lowest BCUT2D eigenvalue weighted by Gasteiger charge is -2.14. The Morgan fingerprint density at radius 3 is 2.62 bits per heavy atom. The molecule has 8 heteroatoms. The van der Waals surface area contributed by atoms with Gasteiger partial charge in [0.05, 0.1) is 24.4 Å². The molecule has 1 atom stereocenters. The second-order valence-electron chi connectivity index (χ2n) is 6.46. The Bertz CT molecular complexity index is 1040. The van der Waals surface area contributed by atoms with Crippen LogP contribution in [0, 0.1) is 0 Å². The maximum atomic E-state index is 12.6. The van der Waals surface area contributed by atoms with Crippen LogP contribution in [0.2, 0.25) is 0 Å². The fraction of sp³-hybridized carbons (Fsp3) is 0.190. The molecule has 0 spiro atoms. The van der Waals surface area contributed by atoms with E-state index in [1.807, 2.05) is 30.5 Å². The molecule has 0 aliphatic heterocycles. The van der Waals surface area contributed by atoms with Crippen LogP contribution in [0.25, 0.3) is 10.9 Å². The third-order valence-electron chi connectivity index (χ3n) is 4.50. The van der Waals surface area contributed by atoms with Crippen molar-refractivity contribution in [3.8, 4) is 0 Å². The average molecular weight is 394 g/mol. The number of esters is 1. The summed E-state index contributed by atoms with van der Waals surface area (Å²) >= 11 is 0. The smallest absolute Gasteiger partial charge is 0.325 e. The second kappa shape index (κ2) is 9.03. The molecule has 1 aromatic heterocycles. The van der Waals surface area contributed by atoms with Crippen LogP contribution in [0.3, 0.4) is 0 Å². The second-order valence-corrected chi connectivity index (χ2v) is 6.46. The molecule has 0 unspecified atom stereocenters. The third-order valence-corrected chi connectivity index (χ3v) is 4.50. The summed E-state index contributed by atoms with van der Waals surface area (Å²) in [4.78, 5) is 39.3. The zero-order chi connectivity index (χ0) is 20.8. The number of H-pyrrole nitrogens is 1. The Balaban J connectivity index is 1.68. The van der Waals surface area contributed by atoms with Gasteiger partial charge < -0.3 is 26.1 Å². The Morgan fingerprint density at radius 2 is 1.83 bits per heavy atom. The normalized spacial score (nSPS) is 11.7. The number of carbonyl (C=O) groups is 3. The number of anilines is 1. The molecule has 1 heterocycles. The van der Waals surface area contributed by atoms with Gasteiger partial charge in [-0.25, -0.2) is 0 Å². The summed E-state index contributed by atoms with van der Waals surface area (Å²) in [6, 6.07) is 13.5.